The molecule has 2 rings (SSSR count). The van der Waals surface area contributed by atoms with Crippen molar-refractivity contribution in [3.8, 4) is 0 Å². The SMILES string of the molecule is CC1CCC(CN)(NN2CCN(C)CC2)C1. The Morgan fingerprint density at radius 1 is 1.31 bits per heavy atom. The lowest BCUT2D eigenvalue weighted by Gasteiger charge is -2.40. The summed E-state index contributed by atoms with van der Waals surface area (Å²) in [7, 11) is 2.19. The molecule has 0 bridgehead atoms. The summed E-state index contributed by atoms with van der Waals surface area (Å²) in [4.78, 5) is 2.38. The molecule has 1 saturated heterocycles. The Balaban J connectivity index is 1.87. The molecule has 2 aliphatic rings. The molecule has 2 atom stereocenters. The van der Waals surface area contributed by atoms with E-state index in [2.05, 4.69) is 29.3 Å². The number of hydrazine groups is 1. The lowest BCUT2D eigenvalue weighted by Crippen LogP contribution is -2.61. The van der Waals surface area contributed by atoms with E-state index in [1.165, 1.54) is 19.3 Å². The second kappa shape index (κ2) is 5.00. The lowest BCUT2D eigenvalue weighted by atomic mass is 9.97. The third kappa shape index (κ3) is 2.74. The monoisotopic (exact) mass is 226 g/mol. The van der Waals surface area contributed by atoms with Gasteiger partial charge in [0.2, 0.25) is 0 Å². The van der Waals surface area contributed by atoms with Gasteiger partial charge in [0.15, 0.2) is 0 Å². The highest BCUT2D eigenvalue weighted by Gasteiger charge is 2.37. The number of nitrogens with zero attached hydrogens (tertiary/aromatic N) is 2. The number of hydrogen-bond acceptors (Lipinski definition) is 4. The fourth-order valence-corrected chi connectivity index (χ4v) is 2.98. The third-order valence-electron chi connectivity index (χ3n) is 4.14. The van der Waals surface area contributed by atoms with Crippen molar-refractivity contribution in [2.75, 3.05) is 39.8 Å². The van der Waals surface area contributed by atoms with Gasteiger partial charge in [-0.2, -0.15) is 0 Å². The predicted molar refractivity (Wildman–Crippen MR) is 67.0 cm³/mol. The van der Waals surface area contributed by atoms with Crippen molar-refractivity contribution in [2.24, 2.45) is 11.7 Å². The van der Waals surface area contributed by atoms with Crippen LogP contribution in [-0.2, 0) is 0 Å². The first-order valence-electron chi connectivity index (χ1n) is 6.55. The highest BCUT2D eigenvalue weighted by Crippen LogP contribution is 2.33. The van der Waals surface area contributed by atoms with Crippen LogP contribution in [-0.4, -0.2) is 55.2 Å². The second-order valence-corrected chi connectivity index (χ2v) is 5.73. The number of rotatable bonds is 3. The average molecular weight is 226 g/mol. The number of hydrogen-bond donors (Lipinski definition) is 2. The van der Waals surface area contributed by atoms with Crippen molar-refractivity contribution in [1.82, 2.24) is 15.3 Å². The molecule has 1 saturated carbocycles. The molecule has 0 aromatic rings. The van der Waals surface area contributed by atoms with Gasteiger partial charge in [-0.25, -0.2) is 10.4 Å². The molecular formula is C12H26N4. The minimum atomic E-state index is 0.190. The summed E-state index contributed by atoms with van der Waals surface area (Å²) in [5.74, 6) is 0.823. The average Bonchev–Trinajstić information content (AvgIpc) is 2.64. The van der Waals surface area contributed by atoms with Crippen LogP contribution in [0.1, 0.15) is 26.2 Å². The Labute approximate surface area is 99.1 Å². The van der Waals surface area contributed by atoms with Gasteiger partial charge < -0.3 is 10.6 Å². The Morgan fingerprint density at radius 3 is 2.50 bits per heavy atom. The summed E-state index contributed by atoms with van der Waals surface area (Å²) >= 11 is 0. The van der Waals surface area contributed by atoms with Gasteiger partial charge in [0, 0.05) is 38.3 Å². The fraction of sp³-hybridized carbons (Fsp3) is 1.00. The summed E-state index contributed by atoms with van der Waals surface area (Å²) < 4.78 is 0. The van der Waals surface area contributed by atoms with E-state index in [4.69, 9.17) is 5.73 Å². The van der Waals surface area contributed by atoms with Gasteiger partial charge in [-0.3, -0.25) is 0 Å². The zero-order chi connectivity index (χ0) is 11.6. The Hall–Kier alpha value is -0.160. The van der Waals surface area contributed by atoms with Crippen molar-refractivity contribution < 1.29 is 0 Å². The molecule has 1 heterocycles. The van der Waals surface area contributed by atoms with E-state index in [9.17, 15) is 0 Å². The molecule has 0 radical (unpaired) electrons. The quantitative estimate of drug-likeness (QED) is 0.724. The molecule has 2 fully saturated rings. The number of nitrogens with two attached hydrogens (primary N) is 1. The van der Waals surface area contributed by atoms with E-state index in [-0.39, 0.29) is 5.54 Å². The van der Waals surface area contributed by atoms with Gasteiger partial charge in [0.25, 0.3) is 0 Å². The first kappa shape index (κ1) is 12.3. The summed E-state index contributed by atoms with van der Waals surface area (Å²) in [5, 5.41) is 2.38. The van der Waals surface area contributed by atoms with Gasteiger partial charge in [-0.05, 0) is 32.2 Å². The van der Waals surface area contributed by atoms with Gasteiger partial charge in [0.1, 0.15) is 0 Å². The zero-order valence-corrected chi connectivity index (χ0v) is 10.7. The Morgan fingerprint density at radius 2 is 2.00 bits per heavy atom. The van der Waals surface area contributed by atoms with Crippen LogP contribution >= 0.6 is 0 Å². The molecule has 4 nitrogen and oxygen atoms in total. The first-order valence-corrected chi connectivity index (χ1v) is 6.55. The zero-order valence-electron chi connectivity index (χ0n) is 10.7. The Bertz CT molecular complexity index is 225. The van der Waals surface area contributed by atoms with E-state index in [0.717, 1.165) is 38.6 Å². The van der Waals surface area contributed by atoms with E-state index < -0.39 is 0 Å². The minimum absolute atomic E-state index is 0.190. The van der Waals surface area contributed by atoms with Crippen LogP contribution in [0.4, 0.5) is 0 Å². The summed E-state index contributed by atoms with van der Waals surface area (Å²) in [6.07, 6.45) is 3.78. The molecule has 94 valence electrons. The number of nitrogens with one attached hydrogen (secondary N) is 1. The van der Waals surface area contributed by atoms with E-state index in [0.29, 0.717) is 0 Å². The standard InChI is InChI=1S/C12H26N4/c1-11-3-4-12(9-11,10-13)14-16-7-5-15(2)6-8-16/h11,14H,3-10,13H2,1-2H3. The van der Waals surface area contributed by atoms with Crippen molar-refractivity contribution in [3.63, 3.8) is 0 Å². The molecule has 4 heteroatoms. The fourth-order valence-electron chi connectivity index (χ4n) is 2.98. The maximum atomic E-state index is 5.98. The summed E-state index contributed by atoms with van der Waals surface area (Å²) in [5.41, 5.74) is 9.88. The maximum absolute atomic E-state index is 5.98. The maximum Gasteiger partial charge on any atom is 0.0450 e. The lowest BCUT2D eigenvalue weighted by molar-refractivity contribution is 0.0554. The third-order valence-corrected chi connectivity index (χ3v) is 4.14. The van der Waals surface area contributed by atoms with Gasteiger partial charge in [0.05, 0.1) is 0 Å². The van der Waals surface area contributed by atoms with Crippen LogP contribution in [0.25, 0.3) is 0 Å². The number of likely N-dealkylation sites (N-methyl/N-ethyl adjacent to an activating group) is 1. The van der Waals surface area contributed by atoms with Gasteiger partial charge in [-0.1, -0.05) is 6.92 Å². The molecule has 0 aromatic heterocycles. The highest BCUT2D eigenvalue weighted by atomic mass is 15.5. The minimum Gasteiger partial charge on any atom is -0.329 e. The van der Waals surface area contributed by atoms with Gasteiger partial charge in [-0.15, -0.1) is 0 Å². The van der Waals surface area contributed by atoms with Crippen LogP contribution in [0.2, 0.25) is 0 Å². The largest absolute Gasteiger partial charge is 0.329 e. The highest BCUT2D eigenvalue weighted by molar-refractivity contribution is 4.95. The molecule has 0 aromatic carbocycles. The smallest absolute Gasteiger partial charge is 0.0450 e. The number of piperazine rings is 1. The van der Waals surface area contributed by atoms with Crippen LogP contribution in [0.3, 0.4) is 0 Å². The van der Waals surface area contributed by atoms with Crippen LogP contribution in [0, 0.1) is 5.92 Å². The second-order valence-electron chi connectivity index (χ2n) is 5.73. The van der Waals surface area contributed by atoms with Gasteiger partial charge >= 0.3 is 0 Å². The Kier molecular flexibility index (Phi) is 3.85. The summed E-state index contributed by atoms with van der Waals surface area (Å²) in [6, 6.07) is 0. The first-order chi connectivity index (χ1) is 7.63. The topological polar surface area (TPSA) is 44.5 Å². The van der Waals surface area contributed by atoms with Crippen molar-refractivity contribution in [1.29, 1.82) is 0 Å². The van der Waals surface area contributed by atoms with Crippen LogP contribution < -0.4 is 11.2 Å². The molecular weight excluding hydrogens is 200 g/mol. The van der Waals surface area contributed by atoms with E-state index >= 15 is 0 Å². The molecule has 0 amide bonds. The van der Waals surface area contributed by atoms with Crippen molar-refractivity contribution in [2.45, 2.75) is 31.7 Å². The molecule has 2 unspecified atom stereocenters. The van der Waals surface area contributed by atoms with Crippen molar-refractivity contribution in [3.05, 3.63) is 0 Å². The normalized spacial score (nSPS) is 38.1. The van der Waals surface area contributed by atoms with Crippen molar-refractivity contribution >= 4 is 0 Å². The summed E-state index contributed by atoms with van der Waals surface area (Å²) in [6.45, 7) is 7.65. The molecule has 0 spiro atoms. The molecule has 16 heavy (non-hydrogen) atoms. The van der Waals surface area contributed by atoms with Crippen LogP contribution in [0.15, 0.2) is 0 Å². The van der Waals surface area contributed by atoms with E-state index in [1.54, 1.807) is 0 Å². The molecule has 1 aliphatic heterocycles. The molecule has 3 N–H and O–H groups in total. The molecule has 1 aliphatic carbocycles. The van der Waals surface area contributed by atoms with Crippen LogP contribution in [0.5, 0.6) is 0 Å². The predicted octanol–water partition coefficient (Wildman–Crippen LogP) is 0.256. The van der Waals surface area contributed by atoms with E-state index in [1.807, 2.05) is 0 Å².